The molecule has 2 aliphatic rings. The highest BCUT2D eigenvalue weighted by molar-refractivity contribution is 5.99. The minimum atomic E-state index is -0.337. The Kier molecular flexibility index (Phi) is 6.76. The quantitative estimate of drug-likeness (QED) is 0.753. The topological polar surface area (TPSA) is 91.9 Å². The largest absolute Gasteiger partial charge is 0.372 e. The van der Waals surface area contributed by atoms with Gasteiger partial charge in [0, 0.05) is 26.2 Å². The van der Waals surface area contributed by atoms with Crippen molar-refractivity contribution < 1.29 is 14.3 Å². The van der Waals surface area contributed by atoms with E-state index >= 15 is 0 Å². The summed E-state index contributed by atoms with van der Waals surface area (Å²) in [6.45, 7) is 11.5. The highest BCUT2D eigenvalue weighted by Gasteiger charge is 2.24. The molecule has 32 heavy (non-hydrogen) atoms. The van der Waals surface area contributed by atoms with Crippen molar-refractivity contribution in [2.24, 2.45) is 0 Å². The van der Waals surface area contributed by atoms with Crippen molar-refractivity contribution in [2.75, 3.05) is 46.6 Å². The van der Waals surface area contributed by atoms with Gasteiger partial charge in [-0.2, -0.15) is 0 Å². The van der Waals surface area contributed by atoms with Crippen LogP contribution in [-0.2, 0) is 9.47 Å². The first-order chi connectivity index (χ1) is 15.4. The van der Waals surface area contributed by atoms with Gasteiger partial charge in [0.25, 0.3) is 0 Å². The summed E-state index contributed by atoms with van der Waals surface area (Å²) in [7, 11) is 0. The fourth-order valence-corrected chi connectivity index (χ4v) is 4.32. The van der Waals surface area contributed by atoms with Crippen molar-refractivity contribution in [3.63, 3.8) is 0 Å². The van der Waals surface area contributed by atoms with Gasteiger partial charge in [-0.1, -0.05) is 0 Å². The molecule has 0 spiro atoms. The number of anilines is 4. The summed E-state index contributed by atoms with van der Waals surface area (Å²) in [4.78, 5) is 25.8. The molecule has 2 aromatic heterocycles. The number of hydrogen-bond donors (Lipinski definition) is 2. The van der Waals surface area contributed by atoms with Crippen molar-refractivity contribution in [3.05, 3.63) is 36.7 Å². The van der Waals surface area contributed by atoms with Crippen LogP contribution in [-0.4, -0.2) is 66.6 Å². The molecular weight excluding hydrogens is 408 g/mol. The van der Waals surface area contributed by atoms with Crippen LogP contribution in [0.2, 0.25) is 0 Å². The van der Waals surface area contributed by atoms with Crippen LogP contribution in [0.4, 0.5) is 27.8 Å². The third kappa shape index (κ3) is 5.66. The normalized spacial score (nSPS) is 26.0. The number of hydrogen-bond acceptors (Lipinski definition) is 7. The van der Waals surface area contributed by atoms with E-state index in [4.69, 9.17) is 9.47 Å². The Morgan fingerprint density at radius 1 is 0.750 bits per heavy atom. The van der Waals surface area contributed by atoms with E-state index in [0.717, 1.165) is 37.8 Å². The molecule has 0 radical (unpaired) electrons. The SMILES string of the molecule is C[C@@H]1CN(c2ccc(NC(=O)Nc3ccc(N4C[C@@H](C)O[C@@H](C)C4)nc3)cn2)C[C@H](C)O1. The summed E-state index contributed by atoms with van der Waals surface area (Å²) < 4.78 is 11.5. The van der Waals surface area contributed by atoms with Crippen LogP contribution >= 0.6 is 0 Å². The predicted octanol–water partition coefficient (Wildman–Crippen LogP) is 3.35. The third-order valence-electron chi connectivity index (χ3n) is 5.50. The highest BCUT2D eigenvalue weighted by Crippen LogP contribution is 2.21. The standard InChI is InChI=1S/C23H32N6O3/c1-15-11-28(12-16(2)31-15)21-7-5-19(9-24-21)26-23(30)27-20-6-8-22(25-10-20)29-13-17(3)32-18(4)14-29/h5-10,15-18H,11-14H2,1-4H3,(H2,26,27,30)/t15-,16+,17-,18+. The van der Waals surface area contributed by atoms with Crippen LogP contribution in [0.1, 0.15) is 27.7 Å². The summed E-state index contributed by atoms with van der Waals surface area (Å²) >= 11 is 0. The third-order valence-corrected chi connectivity index (χ3v) is 5.50. The maximum atomic E-state index is 12.4. The minimum absolute atomic E-state index is 0.166. The molecule has 0 bridgehead atoms. The first kappa shape index (κ1) is 22.3. The van der Waals surface area contributed by atoms with E-state index in [1.54, 1.807) is 12.4 Å². The fourth-order valence-electron chi connectivity index (χ4n) is 4.32. The number of pyridine rings is 2. The monoisotopic (exact) mass is 440 g/mol. The summed E-state index contributed by atoms with van der Waals surface area (Å²) in [5.41, 5.74) is 1.25. The fraction of sp³-hybridized carbons (Fsp3) is 0.522. The lowest BCUT2D eigenvalue weighted by Gasteiger charge is -2.36. The van der Waals surface area contributed by atoms with E-state index < -0.39 is 0 Å². The summed E-state index contributed by atoms with van der Waals surface area (Å²) in [6, 6.07) is 7.21. The number of rotatable bonds is 4. The van der Waals surface area contributed by atoms with Crippen LogP contribution in [0.25, 0.3) is 0 Å². The molecule has 4 rings (SSSR count). The number of nitrogens with one attached hydrogen (secondary N) is 2. The number of aromatic nitrogens is 2. The molecule has 2 N–H and O–H groups in total. The average Bonchev–Trinajstić information content (AvgIpc) is 2.73. The van der Waals surface area contributed by atoms with E-state index in [0.29, 0.717) is 11.4 Å². The van der Waals surface area contributed by atoms with Crippen molar-refractivity contribution in [1.29, 1.82) is 0 Å². The first-order valence-electron chi connectivity index (χ1n) is 11.2. The Bertz CT molecular complexity index is 813. The molecule has 2 amide bonds. The second-order valence-electron chi connectivity index (χ2n) is 8.71. The van der Waals surface area contributed by atoms with Crippen molar-refractivity contribution >= 4 is 29.0 Å². The number of urea groups is 1. The second kappa shape index (κ2) is 9.70. The number of carbonyl (C=O) groups is 1. The van der Waals surface area contributed by atoms with E-state index in [2.05, 4.69) is 58.1 Å². The molecule has 2 aliphatic heterocycles. The minimum Gasteiger partial charge on any atom is -0.372 e. The Hall–Kier alpha value is -2.91. The zero-order valence-electron chi connectivity index (χ0n) is 19.1. The molecule has 2 fully saturated rings. The van der Waals surface area contributed by atoms with Crippen LogP contribution in [0.15, 0.2) is 36.7 Å². The number of nitrogens with zero attached hydrogens (tertiary/aromatic N) is 4. The van der Waals surface area contributed by atoms with Gasteiger partial charge >= 0.3 is 6.03 Å². The zero-order valence-corrected chi connectivity index (χ0v) is 19.1. The van der Waals surface area contributed by atoms with Crippen LogP contribution < -0.4 is 20.4 Å². The molecule has 2 saturated heterocycles. The number of morpholine rings is 2. The summed E-state index contributed by atoms with van der Waals surface area (Å²) in [5.74, 6) is 1.76. The van der Waals surface area contributed by atoms with Crippen LogP contribution in [0.3, 0.4) is 0 Å². The molecule has 0 saturated carbocycles. The smallest absolute Gasteiger partial charge is 0.323 e. The molecule has 2 aromatic rings. The number of carbonyl (C=O) groups excluding carboxylic acids is 1. The van der Waals surface area contributed by atoms with E-state index in [1.165, 1.54) is 0 Å². The molecular formula is C23H32N6O3. The summed E-state index contributed by atoms with van der Waals surface area (Å²) in [6.07, 6.45) is 4.00. The number of ether oxygens (including phenoxy) is 2. The average molecular weight is 441 g/mol. The highest BCUT2D eigenvalue weighted by atomic mass is 16.5. The second-order valence-corrected chi connectivity index (χ2v) is 8.71. The molecule has 4 heterocycles. The van der Waals surface area contributed by atoms with Crippen LogP contribution in [0, 0.1) is 0 Å². The van der Waals surface area contributed by atoms with Gasteiger partial charge in [-0.05, 0) is 52.0 Å². The summed E-state index contributed by atoms with van der Waals surface area (Å²) in [5, 5.41) is 5.63. The van der Waals surface area contributed by atoms with E-state index in [-0.39, 0.29) is 30.4 Å². The van der Waals surface area contributed by atoms with Crippen molar-refractivity contribution in [2.45, 2.75) is 52.1 Å². The zero-order chi connectivity index (χ0) is 22.7. The van der Waals surface area contributed by atoms with Gasteiger partial charge in [0.05, 0.1) is 48.2 Å². The number of amides is 2. The van der Waals surface area contributed by atoms with Gasteiger partial charge in [0.1, 0.15) is 11.6 Å². The predicted molar refractivity (Wildman–Crippen MR) is 126 cm³/mol. The lowest BCUT2D eigenvalue weighted by Crippen LogP contribution is -2.45. The Balaban J connectivity index is 1.31. The van der Waals surface area contributed by atoms with Gasteiger partial charge in [-0.15, -0.1) is 0 Å². The lowest BCUT2D eigenvalue weighted by molar-refractivity contribution is -0.00572. The van der Waals surface area contributed by atoms with Crippen molar-refractivity contribution in [3.8, 4) is 0 Å². The molecule has 0 aliphatic carbocycles. The molecule has 172 valence electrons. The van der Waals surface area contributed by atoms with Crippen LogP contribution in [0.5, 0.6) is 0 Å². The van der Waals surface area contributed by atoms with Gasteiger partial charge < -0.3 is 29.9 Å². The Morgan fingerprint density at radius 2 is 1.12 bits per heavy atom. The van der Waals surface area contributed by atoms with Gasteiger partial charge in [0.2, 0.25) is 0 Å². The van der Waals surface area contributed by atoms with E-state index in [1.807, 2.05) is 24.3 Å². The van der Waals surface area contributed by atoms with Crippen molar-refractivity contribution in [1.82, 2.24) is 9.97 Å². The lowest BCUT2D eigenvalue weighted by atomic mass is 10.2. The maximum Gasteiger partial charge on any atom is 0.323 e. The van der Waals surface area contributed by atoms with Gasteiger partial charge in [-0.3, -0.25) is 0 Å². The van der Waals surface area contributed by atoms with E-state index in [9.17, 15) is 4.79 Å². The van der Waals surface area contributed by atoms with Gasteiger partial charge in [-0.25, -0.2) is 14.8 Å². The molecule has 9 nitrogen and oxygen atoms in total. The molecule has 9 heteroatoms. The first-order valence-corrected chi connectivity index (χ1v) is 11.2. The Morgan fingerprint density at radius 3 is 1.44 bits per heavy atom. The molecule has 0 aromatic carbocycles. The maximum absolute atomic E-state index is 12.4. The molecule has 4 atom stereocenters. The Labute approximate surface area is 189 Å². The molecule has 0 unspecified atom stereocenters. The van der Waals surface area contributed by atoms with Gasteiger partial charge in [0.15, 0.2) is 0 Å².